The number of hydrogen-bond acceptors (Lipinski definition) is 4. The fourth-order valence-corrected chi connectivity index (χ4v) is 3.16. The number of hydrogen-bond donors (Lipinski definition) is 1. The first-order valence-electron chi connectivity index (χ1n) is 8.13. The first-order chi connectivity index (χ1) is 11.1. The van der Waals surface area contributed by atoms with Crippen LogP contribution in [0.3, 0.4) is 0 Å². The lowest BCUT2D eigenvalue weighted by atomic mass is 10.1. The van der Waals surface area contributed by atoms with Crippen LogP contribution in [0.2, 0.25) is 0 Å². The number of carbonyl (C=O) groups is 1. The monoisotopic (exact) mass is 313 g/mol. The van der Waals surface area contributed by atoms with Crippen molar-refractivity contribution >= 4 is 28.2 Å². The summed E-state index contributed by atoms with van der Waals surface area (Å²) in [6.07, 6.45) is 2.77. The number of nitrogens with zero attached hydrogens (tertiary/aromatic N) is 2. The Morgan fingerprint density at radius 1 is 1.43 bits per heavy atom. The highest BCUT2D eigenvalue weighted by Crippen LogP contribution is 2.33. The maximum Gasteiger partial charge on any atom is 0.224 e. The second-order valence-corrected chi connectivity index (χ2v) is 5.94. The summed E-state index contributed by atoms with van der Waals surface area (Å²) >= 11 is 0. The van der Waals surface area contributed by atoms with E-state index >= 15 is 0 Å². The average Bonchev–Trinajstić information content (AvgIpc) is 3.02. The van der Waals surface area contributed by atoms with Gasteiger partial charge in [-0.2, -0.15) is 0 Å². The van der Waals surface area contributed by atoms with Crippen molar-refractivity contribution in [2.45, 2.75) is 39.3 Å². The van der Waals surface area contributed by atoms with Crippen LogP contribution in [0, 0.1) is 6.92 Å². The molecular weight excluding hydrogens is 290 g/mol. The minimum absolute atomic E-state index is 0.0104. The summed E-state index contributed by atoms with van der Waals surface area (Å²) in [5.41, 5.74) is 3.81. The SMILES string of the molecule is CCC(=O)Nc1ccc2c(N3CCC[C@H]3OC)cc(C)nc2c1. The van der Waals surface area contributed by atoms with Gasteiger partial charge < -0.3 is 15.0 Å². The third-order valence-electron chi connectivity index (χ3n) is 4.30. The zero-order valence-corrected chi connectivity index (χ0v) is 13.9. The lowest BCUT2D eigenvalue weighted by Crippen LogP contribution is -2.30. The molecule has 0 aliphatic carbocycles. The third kappa shape index (κ3) is 3.15. The van der Waals surface area contributed by atoms with Gasteiger partial charge in [-0.1, -0.05) is 6.92 Å². The number of fused-ring (bicyclic) bond motifs is 1. The molecule has 23 heavy (non-hydrogen) atoms. The lowest BCUT2D eigenvalue weighted by Gasteiger charge is -2.27. The summed E-state index contributed by atoms with van der Waals surface area (Å²) in [4.78, 5) is 18.5. The van der Waals surface area contributed by atoms with Crippen LogP contribution < -0.4 is 10.2 Å². The van der Waals surface area contributed by atoms with E-state index in [2.05, 4.69) is 21.3 Å². The van der Waals surface area contributed by atoms with Gasteiger partial charge in [0.05, 0.1) is 5.52 Å². The van der Waals surface area contributed by atoms with Crippen LogP contribution >= 0.6 is 0 Å². The first-order valence-corrected chi connectivity index (χ1v) is 8.13. The number of benzene rings is 1. The largest absolute Gasteiger partial charge is 0.362 e. The molecule has 122 valence electrons. The summed E-state index contributed by atoms with van der Waals surface area (Å²) in [5.74, 6) is 0.0104. The molecule has 1 atom stereocenters. The van der Waals surface area contributed by atoms with Gasteiger partial charge >= 0.3 is 0 Å². The molecule has 1 aromatic carbocycles. The summed E-state index contributed by atoms with van der Waals surface area (Å²) in [5, 5.41) is 3.99. The molecule has 0 spiro atoms. The van der Waals surface area contributed by atoms with Crippen molar-refractivity contribution in [2.75, 3.05) is 23.9 Å². The number of aryl methyl sites for hydroxylation is 1. The molecule has 1 aliphatic rings. The van der Waals surface area contributed by atoms with Crippen LogP contribution in [-0.2, 0) is 9.53 Å². The highest BCUT2D eigenvalue weighted by Gasteiger charge is 2.26. The standard InChI is InChI=1S/C18H23N3O2/c1-4-17(22)20-13-7-8-14-15(11-13)19-12(2)10-16(14)21-9-5-6-18(21)23-3/h7-8,10-11,18H,4-6,9H2,1-3H3,(H,20,22)/t18-/m1/s1. The number of ether oxygens (including phenoxy) is 1. The molecule has 0 radical (unpaired) electrons. The van der Waals surface area contributed by atoms with Gasteiger partial charge in [0.25, 0.3) is 0 Å². The molecule has 1 aromatic heterocycles. The normalized spacial score (nSPS) is 17.7. The molecule has 3 rings (SSSR count). The predicted octanol–water partition coefficient (Wildman–Crippen LogP) is 3.46. The summed E-state index contributed by atoms with van der Waals surface area (Å²) in [6, 6.07) is 8.03. The van der Waals surface area contributed by atoms with E-state index in [0.29, 0.717) is 6.42 Å². The minimum atomic E-state index is 0.0104. The van der Waals surface area contributed by atoms with Crippen molar-refractivity contribution in [3.05, 3.63) is 30.0 Å². The highest BCUT2D eigenvalue weighted by molar-refractivity contribution is 5.97. The highest BCUT2D eigenvalue weighted by atomic mass is 16.5. The molecule has 1 N–H and O–H groups in total. The molecule has 2 heterocycles. The second kappa shape index (κ2) is 6.54. The van der Waals surface area contributed by atoms with E-state index in [4.69, 9.17) is 4.74 Å². The number of aromatic nitrogens is 1. The Balaban J connectivity index is 2.03. The number of pyridine rings is 1. The van der Waals surface area contributed by atoms with Crippen molar-refractivity contribution in [3.63, 3.8) is 0 Å². The number of rotatable bonds is 4. The van der Waals surface area contributed by atoms with Gasteiger partial charge in [-0.15, -0.1) is 0 Å². The summed E-state index contributed by atoms with van der Waals surface area (Å²) in [7, 11) is 1.76. The first kappa shape index (κ1) is 15.7. The van der Waals surface area contributed by atoms with Crippen molar-refractivity contribution in [1.29, 1.82) is 0 Å². The van der Waals surface area contributed by atoms with Crippen LogP contribution in [0.5, 0.6) is 0 Å². The number of anilines is 2. The second-order valence-electron chi connectivity index (χ2n) is 5.94. The predicted molar refractivity (Wildman–Crippen MR) is 92.8 cm³/mol. The maximum atomic E-state index is 11.6. The number of carbonyl (C=O) groups excluding carboxylic acids is 1. The third-order valence-corrected chi connectivity index (χ3v) is 4.30. The van der Waals surface area contributed by atoms with Crippen LogP contribution in [-0.4, -0.2) is 30.8 Å². The van der Waals surface area contributed by atoms with Crippen LogP contribution in [0.4, 0.5) is 11.4 Å². The van der Waals surface area contributed by atoms with Gasteiger partial charge in [0, 0.05) is 42.5 Å². The Kier molecular flexibility index (Phi) is 4.48. The van der Waals surface area contributed by atoms with E-state index in [9.17, 15) is 4.79 Å². The van der Waals surface area contributed by atoms with E-state index in [1.165, 1.54) is 0 Å². The zero-order chi connectivity index (χ0) is 16.4. The Morgan fingerprint density at radius 3 is 3.00 bits per heavy atom. The molecule has 0 saturated carbocycles. The fourth-order valence-electron chi connectivity index (χ4n) is 3.16. The van der Waals surface area contributed by atoms with E-state index < -0.39 is 0 Å². The Bertz CT molecular complexity index is 730. The van der Waals surface area contributed by atoms with E-state index in [1.54, 1.807) is 7.11 Å². The van der Waals surface area contributed by atoms with Crippen molar-refractivity contribution in [2.24, 2.45) is 0 Å². The number of methoxy groups -OCH3 is 1. The molecule has 5 nitrogen and oxygen atoms in total. The van der Waals surface area contributed by atoms with E-state index in [-0.39, 0.29) is 12.1 Å². The van der Waals surface area contributed by atoms with Crippen LogP contribution in [0.15, 0.2) is 24.3 Å². The Morgan fingerprint density at radius 2 is 2.26 bits per heavy atom. The van der Waals surface area contributed by atoms with Gasteiger partial charge in [-0.05, 0) is 44.0 Å². The molecule has 2 aromatic rings. The minimum Gasteiger partial charge on any atom is -0.362 e. The maximum absolute atomic E-state index is 11.6. The van der Waals surface area contributed by atoms with Gasteiger partial charge in [-0.25, -0.2) is 0 Å². The smallest absolute Gasteiger partial charge is 0.224 e. The fraction of sp³-hybridized carbons (Fsp3) is 0.444. The van der Waals surface area contributed by atoms with Crippen molar-refractivity contribution in [3.8, 4) is 0 Å². The van der Waals surface area contributed by atoms with E-state index in [1.807, 2.05) is 32.0 Å². The van der Waals surface area contributed by atoms with Gasteiger partial charge in [0.15, 0.2) is 0 Å². The summed E-state index contributed by atoms with van der Waals surface area (Å²) < 4.78 is 5.61. The average molecular weight is 313 g/mol. The molecule has 1 saturated heterocycles. The molecule has 0 unspecified atom stereocenters. The lowest BCUT2D eigenvalue weighted by molar-refractivity contribution is -0.115. The van der Waals surface area contributed by atoms with Crippen molar-refractivity contribution in [1.82, 2.24) is 4.98 Å². The van der Waals surface area contributed by atoms with Gasteiger partial charge in [-0.3, -0.25) is 9.78 Å². The Hall–Kier alpha value is -2.14. The molecular formula is C18H23N3O2. The quantitative estimate of drug-likeness (QED) is 0.939. The number of nitrogens with one attached hydrogen (secondary N) is 1. The van der Waals surface area contributed by atoms with Crippen LogP contribution in [0.1, 0.15) is 31.9 Å². The molecule has 1 amide bonds. The number of amides is 1. The molecule has 1 aliphatic heterocycles. The summed E-state index contributed by atoms with van der Waals surface area (Å²) in [6.45, 7) is 4.83. The zero-order valence-electron chi connectivity index (χ0n) is 13.9. The van der Waals surface area contributed by atoms with Gasteiger partial charge in [0.1, 0.15) is 6.23 Å². The van der Waals surface area contributed by atoms with Gasteiger partial charge in [0.2, 0.25) is 5.91 Å². The topological polar surface area (TPSA) is 54.5 Å². The Labute approximate surface area is 136 Å². The van der Waals surface area contributed by atoms with E-state index in [0.717, 1.165) is 47.4 Å². The molecule has 0 bridgehead atoms. The molecule has 5 heteroatoms. The molecule has 1 fully saturated rings. The van der Waals surface area contributed by atoms with Crippen LogP contribution in [0.25, 0.3) is 10.9 Å². The van der Waals surface area contributed by atoms with Crippen molar-refractivity contribution < 1.29 is 9.53 Å².